The number of allylic oxidation sites excluding steroid dienone is 3. The van der Waals surface area contributed by atoms with Gasteiger partial charge in [-0.3, -0.25) is 0 Å². The Labute approximate surface area is 63.8 Å². The van der Waals surface area contributed by atoms with Gasteiger partial charge in [-0.25, -0.2) is 0 Å². The van der Waals surface area contributed by atoms with Gasteiger partial charge in [0.2, 0.25) is 0 Å². The van der Waals surface area contributed by atoms with Crippen molar-refractivity contribution in [3.05, 3.63) is 24.3 Å². The van der Waals surface area contributed by atoms with Gasteiger partial charge in [0, 0.05) is 6.54 Å². The molecule has 0 aromatic rings. The Bertz CT molecular complexity index is 103. The van der Waals surface area contributed by atoms with Crippen molar-refractivity contribution in [2.45, 2.75) is 19.8 Å². The second-order valence-electron chi connectivity index (χ2n) is 2.14. The zero-order valence-corrected chi connectivity index (χ0v) is 6.93. The van der Waals surface area contributed by atoms with Crippen molar-refractivity contribution >= 4 is 0 Å². The summed E-state index contributed by atoms with van der Waals surface area (Å²) in [6.45, 7) is 3.12. The first-order chi connectivity index (χ1) is 4.91. The van der Waals surface area contributed by atoms with Gasteiger partial charge < -0.3 is 5.32 Å². The smallest absolute Gasteiger partial charge is 0.0131 e. The average molecular weight is 139 g/mol. The molecule has 0 bridgehead atoms. The molecule has 58 valence electrons. The van der Waals surface area contributed by atoms with E-state index in [4.69, 9.17) is 0 Å². The number of nitrogens with one attached hydrogen (secondary N) is 1. The Kier molecular flexibility index (Phi) is 7.97. The summed E-state index contributed by atoms with van der Waals surface area (Å²) < 4.78 is 0. The van der Waals surface area contributed by atoms with Crippen LogP contribution in [0.3, 0.4) is 0 Å². The lowest BCUT2D eigenvalue weighted by atomic mass is 10.3. The van der Waals surface area contributed by atoms with Gasteiger partial charge in [-0.05, 0) is 19.9 Å². The Morgan fingerprint density at radius 3 is 2.40 bits per heavy atom. The lowest BCUT2D eigenvalue weighted by molar-refractivity contribution is 0.917. The molecule has 0 rings (SSSR count). The standard InChI is InChI=1S/C9H17N/c1-3-4-5-6-7-8-9-10-2/h4-5,7-8,10H,3,6,9H2,1-2H3/b5-4-,8-7-. The first-order valence-corrected chi connectivity index (χ1v) is 3.86. The van der Waals surface area contributed by atoms with Gasteiger partial charge in [-0.1, -0.05) is 31.2 Å². The number of hydrogen-bond acceptors (Lipinski definition) is 1. The van der Waals surface area contributed by atoms with E-state index in [0.717, 1.165) is 19.4 Å². The van der Waals surface area contributed by atoms with E-state index in [1.807, 2.05) is 7.05 Å². The van der Waals surface area contributed by atoms with Crippen LogP contribution in [0.25, 0.3) is 0 Å². The highest BCUT2D eigenvalue weighted by Gasteiger charge is 1.70. The molecule has 1 N–H and O–H groups in total. The summed E-state index contributed by atoms with van der Waals surface area (Å²) in [7, 11) is 1.95. The predicted molar refractivity (Wildman–Crippen MR) is 47.1 cm³/mol. The molecule has 0 unspecified atom stereocenters. The van der Waals surface area contributed by atoms with Crippen molar-refractivity contribution in [2.75, 3.05) is 13.6 Å². The molecule has 0 aliphatic rings. The Balaban J connectivity index is 3.09. The van der Waals surface area contributed by atoms with Gasteiger partial charge in [0.1, 0.15) is 0 Å². The molecule has 1 nitrogen and oxygen atoms in total. The molecule has 0 radical (unpaired) electrons. The molecule has 0 aromatic carbocycles. The first-order valence-electron chi connectivity index (χ1n) is 3.86. The lowest BCUT2D eigenvalue weighted by Gasteiger charge is -1.85. The van der Waals surface area contributed by atoms with E-state index >= 15 is 0 Å². The molecule has 0 saturated heterocycles. The summed E-state index contributed by atoms with van der Waals surface area (Å²) >= 11 is 0. The van der Waals surface area contributed by atoms with Crippen LogP contribution in [0.5, 0.6) is 0 Å². The number of hydrogen-bond donors (Lipinski definition) is 1. The molecule has 0 aliphatic carbocycles. The van der Waals surface area contributed by atoms with Crippen molar-refractivity contribution in [2.24, 2.45) is 0 Å². The number of likely N-dealkylation sites (N-methyl/N-ethyl adjacent to an activating group) is 1. The van der Waals surface area contributed by atoms with E-state index in [-0.39, 0.29) is 0 Å². The van der Waals surface area contributed by atoms with Gasteiger partial charge >= 0.3 is 0 Å². The minimum absolute atomic E-state index is 0.972. The van der Waals surface area contributed by atoms with Crippen LogP contribution in [-0.2, 0) is 0 Å². The fraction of sp³-hybridized carbons (Fsp3) is 0.556. The minimum atomic E-state index is 0.972. The summed E-state index contributed by atoms with van der Waals surface area (Å²) in [5, 5.41) is 3.05. The van der Waals surface area contributed by atoms with Crippen LogP contribution < -0.4 is 5.32 Å². The largest absolute Gasteiger partial charge is 0.316 e. The average Bonchev–Trinajstić information content (AvgIpc) is 1.97. The highest BCUT2D eigenvalue weighted by atomic mass is 14.8. The van der Waals surface area contributed by atoms with E-state index in [1.165, 1.54) is 0 Å². The van der Waals surface area contributed by atoms with Gasteiger partial charge in [-0.15, -0.1) is 0 Å². The van der Waals surface area contributed by atoms with Gasteiger partial charge in [0.15, 0.2) is 0 Å². The molecule has 0 heterocycles. The maximum atomic E-state index is 3.05. The molecular formula is C9H17N. The van der Waals surface area contributed by atoms with E-state index in [0.29, 0.717) is 0 Å². The summed E-state index contributed by atoms with van der Waals surface area (Å²) in [6, 6.07) is 0. The second kappa shape index (κ2) is 8.44. The highest BCUT2D eigenvalue weighted by Crippen LogP contribution is 1.87. The third-order valence-corrected chi connectivity index (χ3v) is 1.16. The van der Waals surface area contributed by atoms with Gasteiger partial charge in [0.25, 0.3) is 0 Å². The van der Waals surface area contributed by atoms with Crippen molar-refractivity contribution < 1.29 is 0 Å². The molecule has 0 amide bonds. The molecule has 0 aliphatic heterocycles. The molecular weight excluding hydrogens is 122 g/mol. The van der Waals surface area contributed by atoms with Crippen LogP contribution in [0.1, 0.15) is 19.8 Å². The minimum Gasteiger partial charge on any atom is -0.316 e. The van der Waals surface area contributed by atoms with Crippen molar-refractivity contribution in [1.82, 2.24) is 5.32 Å². The molecule has 0 saturated carbocycles. The lowest BCUT2D eigenvalue weighted by Crippen LogP contribution is -2.03. The van der Waals surface area contributed by atoms with E-state index < -0.39 is 0 Å². The molecule has 0 spiro atoms. The van der Waals surface area contributed by atoms with Crippen molar-refractivity contribution in [1.29, 1.82) is 0 Å². The summed E-state index contributed by atoms with van der Waals surface area (Å²) in [6.07, 6.45) is 10.9. The number of rotatable bonds is 5. The third kappa shape index (κ3) is 7.44. The predicted octanol–water partition coefficient (Wildman–Crippen LogP) is 2.12. The van der Waals surface area contributed by atoms with Crippen LogP contribution in [0.15, 0.2) is 24.3 Å². The normalized spacial score (nSPS) is 11.8. The quantitative estimate of drug-likeness (QED) is 0.575. The van der Waals surface area contributed by atoms with Crippen LogP contribution >= 0.6 is 0 Å². The molecule has 1 heteroatoms. The second-order valence-corrected chi connectivity index (χ2v) is 2.14. The third-order valence-electron chi connectivity index (χ3n) is 1.16. The Morgan fingerprint density at radius 2 is 1.80 bits per heavy atom. The van der Waals surface area contributed by atoms with Crippen molar-refractivity contribution in [3.8, 4) is 0 Å². The van der Waals surface area contributed by atoms with Crippen LogP contribution in [0.4, 0.5) is 0 Å². The molecule has 10 heavy (non-hydrogen) atoms. The summed E-state index contributed by atoms with van der Waals surface area (Å²) in [5.74, 6) is 0. The van der Waals surface area contributed by atoms with E-state index in [2.05, 4.69) is 36.5 Å². The maximum Gasteiger partial charge on any atom is 0.0131 e. The first kappa shape index (κ1) is 9.44. The molecule has 0 fully saturated rings. The molecule has 0 aromatic heterocycles. The Hall–Kier alpha value is -0.560. The van der Waals surface area contributed by atoms with Gasteiger partial charge in [0.05, 0.1) is 0 Å². The SMILES string of the molecule is CC/C=C\C/C=C\CNC. The highest BCUT2D eigenvalue weighted by molar-refractivity contribution is 4.92. The van der Waals surface area contributed by atoms with Crippen LogP contribution in [0, 0.1) is 0 Å². The monoisotopic (exact) mass is 139 g/mol. The fourth-order valence-corrected chi connectivity index (χ4v) is 0.639. The van der Waals surface area contributed by atoms with Crippen molar-refractivity contribution in [3.63, 3.8) is 0 Å². The zero-order chi connectivity index (χ0) is 7.66. The molecule has 0 atom stereocenters. The topological polar surface area (TPSA) is 12.0 Å². The fourth-order valence-electron chi connectivity index (χ4n) is 0.639. The van der Waals surface area contributed by atoms with Gasteiger partial charge in [-0.2, -0.15) is 0 Å². The van der Waals surface area contributed by atoms with Crippen LogP contribution in [-0.4, -0.2) is 13.6 Å². The zero-order valence-electron chi connectivity index (χ0n) is 6.93. The van der Waals surface area contributed by atoms with E-state index in [9.17, 15) is 0 Å². The summed E-state index contributed by atoms with van der Waals surface area (Å²) in [4.78, 5) is 0. The summed E-state index contributed by atoms with van der Waals surface area (Å²) in [5.41, 5.74) is 0. The Morgan fingerprint density at radius 1 is 1.10 bits per heavy atom. The van der Waals surface area contributed by atoms with Crippen LogP contribution in [0.2, 0.25) is 0 Å². The maximum absolute atomic E-state index is 3.05. The van der Waals surface area contributed by atoms with E-state index in [1.54, 1.807) is 0 Å².